The van der Waals surface area contributed by atoms with Crippen LogP contribution in [0.4, 0.5) is 0 Å². The van der Waals surface area contributed by atoms with Crippen LogP contribution >= 0.6 is 0 Å². The summed E-state index contributed by atoms with van der Waals surface area (Å²) in [5, 5.41) is 0. The van der Waals surface area contributed by atoms with Crippen LogP contribution in [0.3, 0.4) is 0 Å². The van der Waals surface area contributed by atoms with E-state index in [1.165, 1.54) is 6.92 Å². The lowest BCUT2D eigenvalue weighted by Crippen LogP contribution is -2.53. The van der Waals surface area contributed by atoms with Crippen molar-refractivity contribution in [2.24, 2.45) is 11.7 Å². The molecule has 0 amide bonds. The maximum absolute atomic E-state index is 11.1. The van der Waals surface area contributed by atoms with Crippen molar-refractivity contribution in [3.8, 4) is 0 Å². The van der Waals surface area contributed by atoms with Crippen LogP contribution in [0.1, 0.15) is 39.0 Å². The average molecular weight is 245 g/mol. The van der Waals surface area contributed by atoms with Gasteiger partial charge in [-0.2, -0.15) is 0 Å². The van der Waals surface area contributed by atoms with Crippen LogP contribution in [0.15, 0.2) is 0 Å². The second-order valence-electron chi connectivity index (χ2n) is 4.63. The molecule has 1 fully saturated rings. The minimum Gasteiger partial charge on any atom is -0.444 e. The van der Waals surface area contributed by atoms with Gasteiger partial charge < -0.3 is 14.2 Å². The second kappa shape index (κ2) is 6.33. The highest BCUT2D eigenvalue weighted by atomic mass is 16.7. The number of carbonyl (C=O) groups excluding carboxylic acids is 1. The van der Waals surface area contributed by atoms with Gasteiger partial charge in [0.05, 0.1) is 0 Å². The summed E-state index contributed by atoms with van der Waals surface area (Å²) < 4.78 is 15.7. The van der Waals surface area contributed by atoms with Crippen LogP contribution in [0, 0.1) is 5.92 Å². The highest BCUT2D eigenvalue weighted by Gasteiger charge is 2.41. The van der Waals surface area contributed by atoms with Gasteiger partial charge in [0.1, 0.15) is 0 Å². The molecule has 5 heteroatoms. The molecule has 0 aromatic rings. The standard InChI is InChI=1S/C12H23NO4/c1-9(14)17-12(13)7-5-4-6-10(12)8-11(15-2)16-3/h10-11H,4-8,13H2,1-3H3. The average Bonchev–Trinajstić information content (AvgIpc) is 2.27. The quantitative estimate of drug-likeness (QED) is 0.585. The predicted molar refractivity (Wildman–Crippen MR) is 63.1 cm³/mol. The van der Waals surface area contributed by atoms with Crippen molar-refractivity contribution in [3.63, 3.8) is 0 Å². The van der Waals surface area contributed by atoms with Gasteiger partial charge in [0.2, 0.25) is 0 Å². The lowest BCUT2D eigenvalue weighted by molar-refractivity contribution is -0.178. The molecule has 0 saturated heterocycles. The number of rotatable bonds is 5. The molecular formula is C12H23NO4. The van der Waals surface area contributed by atoms with E-state index in [9.17, 15) is 4.79 Å². The van der Waals surface area contributed by atoms with E-state index in [1.807, 2.05) is 0 Å². The van der Waals surface area contributed by atoms with Gasteiger partial charge in [0.15, 0.2) is 12.0 Å². The Kier molecular flexibility index (Phi) is 5.36. The molecule has 2 unspecified atom stereocenters. The normalized spacial score (nSPS) is 29.4. The lowest BCUT2D eigenvalue weighted by Gasteiger charge is -2.41. The van der Waals surface area contributed by atoms with E-state index >= 15 is 0 Å². The Bertz CT molecular complexity index is 255. The number of ether oxygens (including phenoxy) is 3. The zero-order valence-corrected chi connectivity index (χ0v) is 10.9. The fourth-order valence-corrected chi connectivity index (χ4v) is 2.48. The summed E-state index contributed by atoms with van der Waals surface area (Å²) in [5.41, 5.74) is 5.35. The van der Waals surface area contributed by atoms with E-state index < -0.39 is 5.72 Å². The first kappa shape index (κ1) is 14.4. The Labute approximate surface area is 103 Å². The molecule has 1 aliphatic rings. The number of nitrogens with two attached hydrogens (primary N) is 1. The molecule has 1 aliphatic carbocycles. The summed E-state index contributed by atoms with van der Waals surface area (Å²) in [4.78, 5) is 11.1. The molecule has 0 bridgehead atoms. The van der Waals surface area contributed by atoms with Gasteiger partial charge in [-0.3, -0.25) is 10.5 Å². The van der Waals surface area contributed by atoms with Crippen LogP contribution in [0.2, 0.25) is 0 Å². The van der Waals surface area contributed by atoms with E-state index in [1.54, 1.807) is 14.2 Å². The minimum absolute atomic E-state index is 0.0880. The maximum atomic E-state index is 11.1. The third kappa shape index (κ3) is 3.94. The zero-order valence-electron chi connectivity index (χ0n) is 10.9. The number of hydrogen-bond donors (Lipinski definition) is 1. The van der Waals surface area contributed by atoms with Crippen LogP contribution < -0.4 is 5.73 Å². The molecule has 0 aliphatic heterocycles. The Morgan fingerprint density at radius 1 is 1.41 bits per heavy atom. The molecule has 100 valence electrons. The van der Waals surface area contributed by atoms with Crippen molar-refractivity contribution < 1.29 is 19.0 Å². The summed E-state index contributed by atoms with van der Waals surface area (Å²) in [5.74, 6) is -0.240. The van der Waals surface area contributed by atoms with Gasteiger partial charge in [-0.1, -0.05) is 6.42 Å². The molecule has 0 aromatic carbocycles. The summed E-state index contributed by atoms with van der Waals surface area (Å²) >= 11 is 0. The first-order chi connectivity index (χ1) is 8.01. The highest BCUT2D eigenvalue weighted by Crippen LogP contribution is 2.36. The fourth-order valence-electron chi connectivity index (χ4n) is 2.48. The van der Waals surface area contributed by atoms with E-state index in [-0.39, 0.29) is 18.2 Å². The second-order valence-corrected chi connectivity index (χ2v) is 4.63. The molecule has 0 radical (unpaired) electrons. The van der Waals surface area contributed by atoms with E-state index in [0.717, 1.165) is 19.3 Å². The zero-order chi connectivity index (χ0) is 12.9. The Morgan fingerprint density at radius 2 is 2.06 bits per heavy atom. The summed E-state index contributed by atoms with van der Waals surface area (Å²) in [6.45, 7) is 1.39. The highest BCUT2D eigenvalue weighted by molar-refractivity contribution is 5.66. The van der Waals surface area contributed by atoms with Crippen molar-refractivity contribution in [1.29, 1.82) is 0 Å². The topological polar surface area (TPSA) is 70.8 Å². The Balaban J connectivity index is 2.67. The van der Waals surface area contributed by atoms with Crippen LogP contribution in [0.5, 0.6) is 0 Å². The van der Waals surface area contributed by atoms with Crippen LogP contribution in [-0.4, -0.2) is 32.2 Å². The molecule has 5 nitrogen and oxygen atoms in total. The summed E-state index contributed by atoms with van der Waals surface area (Å²) in [6, 6.07) is 0. The third-order valence-electron chi connectivity index (χ3n) is 3.40. The molecule has 1 saturated carbocycles. The van der Waals surface area contributed by atoms with Crippen molar-refractivity contribution in [3.05, 3.63) is 0 Å². The van der Waals surface area contributed by atoms with Gasteiger partial charge >= 0.3 is 5.97 Å². The molecule has 1 rings (SSSR count). The smallest absolute Gasteiger partial charge is 0.304 e. The summed E-state index contributed by atoms with van der Waals surface area (Å²) in [6.07, 6.45) is 4.09. The fraction of sp³-hybridized carbons (Fsp3) is 0.917. The van der Waals surface area contributed by atoms with E-state index in [2.05, 4.69) is 0 Å². The molecule has 0 heterocycles. The van der Waals surface area contributed by atoms with Crippen molar-refractivity contribution in [2.75, 3.05) is 14.2 Å². The molecule has 0 spiro atoms. The first-order valence-corrected chi connectivity index (χ1v) is 6.06. The molecule has 2 N–H and O–H groups in total. The number of esters is 1. The number of methoxy groups -OCH3 is 2. The molecular weight excluding hydrogens is 222 g/mol. The number of carbonyl (C=O) groups is 1. The van der Waals surface area contributed by atoms with Gasteiger partial charge in [-0.25, -0.2) is 0 Å². The Morgan fingerprint density at radius 3 is 2.59 bits per heavy atom. The van der Waals surface area contributed by atoms with Crippen molar-refractivity contribution >= 4 is 5.97 Å². The van der Waals surface area contributed by atoms with E-state index in [0.29, 0.717) is 12.8 Å². The maximum Gasteiger partial charge on any atom is 0.304 e. The lowest BCUT2D eigenvalue weighted by atomic mass is 9.79. The number of hydrogen-bond acceptors (Lipinski definition) is 5. The van der Waals surface area contributed by atoms with Crippen LogP contribution in [-0.2, 0) is 19.0 Å². The SMILES string of the molecule is COC(CC1CCCCC1(N)OC(C)=O)OC. The minimum atomic E-state index is -0.862. The van der Waals surface area contributed by atoms with Gasteiger partial charge in [-0.15, -0.1) is 0 Å². The van der Waals surface area contributed by atoms with Gasteiger partial charge in [-0.05, 0) is 12.8 Å². The largest absolute Gasteiger partial charge is 0.444 e. The summed E-state index contributed by atoms with van der Waals surface area (Å²) in [7, 11) is 3.20. The molecule has 17 heavy (non-hydrogen) atoms. The Hall–Kier alpha value is -0.650. The predicted octanol–water partition coefficient (Wildman–Crippen LogP) is 1.40. The van der Waals surface area contributed by atoms with Crippen LogP contribution in [0.25, 0.3) is 0 Å². The van der Waals surface area contributed by atoms with Gasteiger partial charge in [0, 0.05) is 39.9 Å². The molecule has 2 atom stereocenters. The van der Waals surface area contributed by atoms with Crippen molar-refractivity contribution in [2.45, 2.75) is 51.0 Å². The third-order valence-corrected chi connectivity index (χ3v) is 3.40. The first-order valence-electron chi connectivity index (χ1n) is 6.06. The van der Waals surface area contributed by atoms with Crippen molar-refractivity contribution in [1.82, 2.24) is 0 Å². The monoisotopic (exact) mass is 245 g/mol. The van der Waals surface area contributed by atoms with E-state index in [4.69, 9.17) is 19.9 Å². The molecule has 0 aromatic heterocycles. The van der Waals surface area contributed by atoms with Gasteiger partial charge in [0.25, 0.3) is 0 Å².